The highest BCUT2D eigenvalue weighted by atomic mass is 35.5. The van der Waals surface area contributed by atoms with Crippen LogP contribution in [0, 0.1) is 12.3 Å². The van der Waals surface area contributed by atoms with E-state index in [0.717, 1.165) is 37.2 Å². The van der Waals surface area contributed by atoms with Gasteiger partial charge in [0.2, 0.25) is 0 Å². The zero-order valence-electron chi connectivity index (χ0n) is 13.4. The number of benzene rings is 2. The molecule has 0 saturated carbocycles. The van der Waals surface area contributed by atoms with Crippen molar-refractivity contribution < 1.29 is 9.84 Å². The van der Waals surface area contributed by atoms with Crippen molar-refractivity contribution >= 4 is 12.4 Å². The second-order valence-corrected chi connectivity index (χ2v) is 6.31. The van der Waals surface area contributed by atoms with E-state index in [9.17, 15) is 5.11 Å². The Labute approximate surface area is 148 Å². The summed E-state index contributed by atoms with van der Waals surface area (Å²) in [7, 11) is 0. The van der Waals surface area contributed by atoms with E-state index in [1.807, 2.05) is 18.2 Å². The topological polar surface area (TPSA) is 32.7 Å². The fourth-order valence-corrected chi connectivity index (χ4v) is 3.98. The second kappa shape index (κ2) is 6.39. The Morgan fingerprint density at radius 1 is 1.08 bits per heavy atom. The molecule has 0 radical (unpaired) electrons. The average Bonchev–Trinajstić information content (AvgIpc) is 2.58. The first-order valence-electron chi connectivity index (χ1n) is 8.00. The fraction of sp³-hybridized carbons (Fsp3) is 0.300. The maximum atomic E-state index is 10.3. The number of para-hydroxylation sites is 2. The highest BCUT2D eigenvalue weighted by molar-refractivity contribution is 5.85. The molecule has 0 unspecified atom stereocenters. The third-order valence-corrected chi connectivity index (χ3v) is 5.15. The number of hydrogen-bond acceptors (Lipinski definition) is 3. The first kappa shape index (κ1) is 16.7. The minimum Gasteiger partial charge on any atom is -0.504 e. The van der Waals surface area contributed by atoms with Crippen LogP contribution in [0.2, 0.25) is 0 Å². The Hall–Kier alpha value is -2.15. The Bertz CT molecular complexity index is 788. The van der Waals surface area contributed by atoms with Crippen LogP contribution in [0.3, 0.4) is 0 Å². The SMILES string of the molecule is C#CCN1CCC2(CC1)c1ccccc1Oc1c(O)cccc12.Cl. The molecule has 1 N–H and O–H groups in total. The van der Waals surface area contributed by atoms with Gasteiger partial charge >= 0.3 is 0 Å². The van der Waals surface area contributed by atoms with E-state index in [1.165, 1.54) is 5.56 Å². The van der Waals surface area contributed by atoms with Crippen molar-refractivity contribution in [1.29, 1.82) is 0 Å². The van der Waals surface area contributed by atoms with Crippen LogP contribution >= 0.6 is 12.4 Å². The summed E-state index contributed by atoms with van der Waals surface area (Å²) >= 11 is 0. The molecule has 3 nitrogen and oxygen atoms in total. The normalized spacial score (nSPS) is 17.8. The van der Waals surface area contributed by atoms with Crippen molar-refractivity contribution in [3.8, 4) is 29.6 Å². The van der Waals surface area contributed by atoms with E-state index in [2.05, 4.69) is 29.0 Å². The highest BCUT2D eigenvalue weighted by Gasteiger charge is 2.44. The lowest BCUT2D eigenvalue weighted by Gasteiger charge is -2.45. The number of fused-ring (bicyclic) bond motifs is 4. The number of piperidine rings is 1. The number of aromatic hydroxyl groups is 1. The summed E-state index contributed by atoms with van der Waals surface area (Å²) < 4.78 is 6.01. The van der Waals surface area contributed by atoms with Crippen molar-refractivity contribution in [2.75, 3.05) is 19.6 Å². The molecule has 0 aromatic heterocycles. The summed E-state index contributed by atoms with van der Waals surface area (Å²) in [6.45, 7) is 2.60. The molecule has 0 aliphatic carbocycles. The average molecular weight is 342 g/mol. The number of phenols is 1. The predicted molar refractivity (Wildman–Crippen MR) is 97.2 cm³/mol. The number of halogens is 1. The Morgan fingerprint density at radius 2 is 1.79 bits per heavy atom. The molecule has 4 rings (SSSR count). The van der Waals surface area contributed by atoms with Crippen LogP contribution in [0.1, 0.15) is 24.0 Å². The van der Waals surface area contributed by atoms with Crippen molar-refractivity contribution in [2.45, 2.75) is 18.3 Å². The Kier molecular flexibility index (Phi) is 4.45. The van der Waals surface area contributed by atoms with Gasteiger partial charge in [-0.15, -0.1) is 18.8 Å². The van der Waals surface area contributed by atoms with Gasteiger partial charge in [-0.3, -0.25) is 4.90 Å². The molecule has 124 valence electrons. The molecule has 1 fully saturated rings. The van der Waals surface area contributed by atoms with E-state index < -0.39 is 0 Å². The number of phenolic OH excluding ortho intramolecular Hbond substituents is 1. The standard InChI is InChI=1S/C20H19NO2.ClH/c1-2-12-21-13-10-20(11-14-21)15-6-3-4-9-18(15)23-19-16(20)7-5-8-17(19)22;/h1,3-9,22H,10-14H2;1H. The van der Waals surface area contributed by atoms with Gasteiger partial charge in [0.1, 0.15) is 5.75 Å². The van der Waals surface area contributed by atoms with Crippen molar-refractivity contribution in [2.24, 2.45) is 0 Å². The van der Waals surface area contributed by atoms with E-state index in [0.29, 0.717) is 12.3 Å². The molecule has 0 atom stereocenters. The third kappa shape index (κ3) is 2.43. The fourth-order valence-electron chi connectivity index (χ4n) is 3.98. The van der Waals surface area contributed by atoms with Gasteiger partial charge in [-0.05, 0) is 25.0 Å². The third-order valence-electron chi connectivity index (χ3n) is 5.15. The van der Waals surface area contributed by atoms with Crippen LogP contribution in [0.15, 0.2) is 42.5 Å². The quantitative estimate of drug-likeness (QED) is 0.798. The van der Waals surface area contributed by atoms with Gasteiger partial charge in [0.25, 0.3) is 0 Å². The van der Waals surface area contributed by atoms with E-state index in [4.69, 9.17) is 11.2 Å². The number of nitrogens with zero attached hydrogens (tertiary/aromatic N) is 1. The number of likely N-dealkylation sites (tertiary alicyclic amines) is 1. The summed E-state index contributed by atoms with van der Waals surface area (Å²) in [5, 5.41) is 10.3. The molecular weight excluding hydrogens is 322 g/mol. The molecular formula is C20H20ClNO2. The molecule has 2 aliphatic rings. The van der Waals surface area contributed by atoms with Gasteiger partial charge in [0.15, 0.2) is 11.5 Å². The van der Waals surface area contributed by atoms with E-state index >= 15 is 0 Å². The molecule has 4 heteroatoms. The summed E-state index contributed by atoms with van der Waals surface area (Å²) in [5.74, 6) is 4.41. The van der Waals surface area contributed by atoms with E-state index in [-0.39, 0.29) is 23.6 Å². The lowest BCUT2D eigenvalue weighted by molar-refractivity contribution is 0.187. The van der Waals surface area contributed by atoms with Crippen LogP contribution in [0.25, 0.3) is 0 Å². The van der Waals surface area contributed by atoms with Crippen LogP contribution in [0.5, 0.6) is 17.2 Å². The summed E-state index contributed by atoms with van der Waals surface area (Å²) in [4.78, 5) is 2.31. The first-order chi connectivity index (χ1) is 11.2. The summed E-state index contributed by atoms with van der Waals surface area (Å²) in [6.07, 6.45) is 7.41. The predicted octanol–water partition coefficient (Wildman–Crippen LogP) is 3.93. The number of terminal acetylenes is 1. The smallest absolute Gasteiger partial charge is 0.173 e. The van der Waals surface area contributed by atoms with Gasteiger partial charge in [0, 0.05) is 29.6 Å². The monoisotopic (exact) mass is 341 g/mol. The number of rotatable bonds is 1. The van der Waals surface area contributed by atoms with Gasteiger partial charge < -0.3 is 9.84 Å². The lowest BCUT2D eigenvalue weighted by atomic mass is 9.66. The van der Waals surface area contributed by atoms with E-state index in [1.54, 1.807) is 6.07 Å². The van der Waals surface area contributed by atoms with Crippen molar-refractivity contribution in [1.82, 2.24) is 4.90 Å². The van der Waals surface area contributed by atoms with Crippen LogP contribution in [-0.4, -0.2) is 29.6 Å². The van der Waals surface area contributed by atoms with Gasteiger partial charge in [-0.1, -0.05) is 36.3 Å². The van der Waals surface area contributed by atoms with Crippen LogP contribution in [-0.2, 0) is 5.41 Å². The minimum atomic E-state index is -0.103. The molecule has 2 aromatic carbocycles. The van der Waals surface area contributed by atoms with Crippen LogP contribution in [0.4, 0.5) is 0 Å². The van der Waals surface area contributed by atoms with Gasteiger partial charge in [-0.25, -0.2) is 0 Å². The molecule has 0 amide bonds. The number of ether oxygens (including phenoxy) is 1. The zero-order valence-corrected chi connectivity index (χ0v) is 14.2. The van der Waals surface area contributed by atoms with Crippen molar-refractivity contribution in [3.05, 3.63) is 53.6 Å². The zero-order chi connectivity index (χ0) is 15.9. The van der Waals surface area contributed by atoms with Gasteiger partial charge in [-0.2, -0.15) is 0 Å². The molecule has 0 bridgehead atoms. The maximum absolute atomic E-state index is 10.3. The lowest BCUT2D eigenvalue weighted by Crippen LogP contribution is -2.44. The largest absolute Gasteiger partial charge is 0.504 e. The molecule has 2 heterocycles. The maximum Gasteiger partial charge on any atom is 0.173 e. The Balaban J connectivity index is 0.00000169. The highest BCUT2D eigenvalue weighted by Crippen LogP contribution is 2.55. The van der Waals surface area contributed by atoms with Crippen molar-refractivity contribution in [3.63, 3.8) is 0 Å². The van der Waals surface area contributed by atoms with Crippen LogP contribution < -0.4 is 4.74 Å². The molecule has 2 aromatic rings. The number of hydrogen-bond donors (Lipinski definition) is 1. The molecule has 24 heavy (non-hydrogen) atoms. The molecule has 1 spiro atoms. The first-order valence-corrected chi connectivity index (χ1v) is 8.00. The minimum absolute atomic E-state index is 0. The summed E-state index contributed by atoms with van der Waals surface area (Å²) in [6, 6.07) is 13.9. The molecule has 1 saturated heterocycles. The summed E-state index contributed by atoms with van der Waals surface area (Å²) in [5.41, 5.74) is 2.21. The second-order valence-electron chi connectivity index (χ2n) is 6.31. The Morgan fingerprint density at radius 3 is 2.54 bits per heavy atom. The molecule has 2 aliphatic heterocycles. The van der Waals surface area contributed by atoms with Gasteiger partial charge in [0.05, 0.1) is 6.54 Å².